The molecule has 1 amide bonds. The van der Waals surface area contributed by atoms with Gasteiger partial charge in [0.1, 0.15) is 0 Å². The third-order valence-electron chi connectivity index (χ3n) is 4.04. The Kier molecular flexibility index (Phi) is 5.25. The van der Waals surface area contributed by atoms with Gasteiger partial charge in [0, 0.05) is 18.4 Å². The fourth-order valence-corrected chi connectivity index (χ4v) is 4.03. The fraction of sp³-hybridized carbons (Fsp3) is 0.150. The van der Waals surface area contributed by atoms with Crippen molar-refractivity contribution in [1.82, 2.24) is 5.32 Å². The minimum absolute atomic E-state index is 0.136. The van der Waals surface area contributed by atoms with Gasteiger partial charge in [-0.05, 0) is 41.6 Å². The Labute approximate surface area is 157 Å². The van der Waals surface area contributed by atoms with E-state index in [-0.39, 0.29) is 10.8 Å². The Balaban J connectivity index is 1.71. The predicted molar refractivity (Wildman–Crippen MR) is 105 cm³/mol. The summed E-state index contributed by atoms with van der Waals surface area (Å²) in [7, 11) is -3.21. The monoisotopic (exact) mass is 385 g/mol. The van der Waals surface area contributed by atoms with Crippen molar-refractivity contribution >= 4 is 27.1 Å². The van der Waals surface area contributed by atoms with Crippen molar-refractivity contribution in [3.05, 3.63) is 76.0 Å². The van der Waals surface area contributed by atoms with E-state index in [2.05, 4.69) is 5.32 Å². The van der Waals surface area contributed by atoms with Crippen molar-refractivity contribution < 1.29 is 13.2 Å². The molecule has 0 aliphatic heterocycles. The molecule has 1 aromatic heterocycles. The number of hydrogen-bond acceptors (Lipinski definition) is 4. The maximum atomic E-state index is 12.6. The molecule has 4 nitrogen and oxygen atoms in total. The second-order valence-corrected chi connectivity index (χ2v) is 9.06. The van der Waals surface area contributed by atoms with Gasteiger partial charge in [-0.1, -0.05) is 42.0 Å². The fourth-order valence-electron chi connectivity index (χ4n) is 2.56. The molecule has 0 saturated carbocycles. The highest BCUT2D eigenvalue weighted by molar-refractivity contribution is 7.90. The molecule has 6 heteroatoms. The summed E-state index contributed by atoms with van der Waals surface area (Å²) in [6.07, 6.45) is 1.17. The summed E-state index contributed by atoms with van der Waals surface area (Å²) in [6, 6.07) is 16.6. The minimum atomic E-state index is -3.21. The van der Waals surface area contributed by atoms with Crippen LogP contribution in [0.25, 0.3) is 11.1 Å². The molecule has 1 heterocycles. The van der Waals surface area contributed by atoms with Crippen molar-refractivity contribution in [2.45, 2.75) is 18.4 Å². The Bertz CT molecular complexity index is 1020. The first-order valence-corrected chi connectivity index (χ1v) is 10.8. The Morgan fingerprint density at radius 1 is 1.00 bits per heavy atom. The summed E-state index contributed by atoms with van der Waals surface area (Å²) in [4.78, 5) is 13.5. The normalized spacial score (nSPS) is 11.3. The van der Waals surface area contributed by atoms with Crippen molar-refractivity contribution in [2.24, 2.45) is 0 Å². The third-order valence-corrected chi connectivity index (χ3v) is 6.08. The Morgan fingerprint density at radius 3 is 2.27 bits per heavy atom. The zero-order valence-electron chi connectivity index (χ0n) is 14.5. The van der Waals surface area contributed by atoms with E-state index in [1.54, 1.807) is 24.3 Å². The van der Waals surface area contributed by atoms with E-state index < -0.39 is 9.84 Å². The highest BCUT2D eigenvalue weighted by Gasteiger charge is 2.14. The average molecular weight is 386 g/mol. The van der Waals surface area contributed by atoms with Crippen molar-refractivity contribution in [2.75, 3.05) is 6.26 Å². The van der Waals surface area contributed by atoms with Crippen LogP contribution >= 0.6 is 11.3 Å². The summed E-state index contributed by atoms with van der Waals surface area (Å²) in [5, 5.41) is 4.81. The van der Waals surface area contributed by atoms with Gasteiger partial charge in [-0.25, -0.2) is 8.42 Å². The molecule has 0 aliphatic carbocycles. The molecule has 0 fully saturated rings. The average Bonchev–Trinajstić information content (AvgIpc) is 3.10. The summed E-state index contributed by atoms with van der Waals surface area (Å²) in [6.45, 7) is 2.37. The first-order chi connectivity index (χ1) is 12.3. The first kappa shape index (κ1) is 18.4. The SMILES string of the molecule is Cc1ccc(-c2ccsc2C(=O)NCc2ccc(S(C)(=O)=O)cc2)cc1. The van der Waals surface area contributed by atoms with Crippen molar-refractivity contribution in [3.63, 3.8) is 0 Å². The van der Waals surface area contributed by atoms with Gasteiger partial charge in [0.2, 0.25) is 0 Å². The first-order valence-electron chi connectivity index (χ1n) is 8.06. The molecule has 3 rings (SSSR count). The van der Waals surface area contributed by atoms with E-state index in [9.17, 15) is 13.2 Å². The molecule has 1 N–H and O–H groups in total. The second-order valence-electron chi connectivity index (χ2n) is 6.13. The summed E-state index contributed by atoms with van der Waals surface area (Å²) >= 11 is 1.41. The van der Waals surface area contributed by atoms with Crippen LogP contribution in [-0.2, 0) is 16.4 Å². The molecule has 0 unspecified atom stereocenters. The molecule has 2 aromatic carbocycles. The molecule has 26 heavy (non-hydrogen) atoms. The highest BCUT2D eigenvalue weighted by atomic mass is 32.2. The lowest BCUT2D eigenvalue weighted by Gasteiger charge is -2.07. The standard InChI is InChI=1S/C20H19NO3S2/c1-14-3-7-16(8-4-14)18-11-12-25-19(18)20(22)21-13-15-5-9-17(10-6-15)26(2,23)24/h3-12H,13H2,1-2H3,(H,21,22). The minimum Gasteiger partial charge on any atom is -0.347 e. The molecule has 0 atom stereocenters. The smallest absolute Gasteiger partial charge is 0.262 e. The molecule has 0 spiro atoms. The number of thiophene rings is 1. The topological polar surface area (TPSA) is 63.2 Å². The van der Waals surface area contributed by atoms with Crippen LogP contribution in [0, 0.1) is 6.92 Å². The zero-order valence-corrected chi connectivity index (χ0v) is 16.2. The van der Waals surface area contributed by atoms with Crippen LogP contribution in [-0.4, -0.2) is 20.6 Å². The second kappa shape index (κ2) is 7.43. The van der Waals surface area contributed by atoms with Crippen LogP contribution in [0.1, 0.15) is 20.8 Å². The third kappa shape index (κ3) is 4.20. The molecule has 0 radical (unpaired) electrons. The van der Waals surface area contributed by atoms with Gasteiger partial charge in [-0.3, -0.25) is 4.79 Å². The molecule has 0 saturated heterocycles. The summed E-state index contributed by atoms with van der Waals surface area (Å²) < 4.78 is 23.0. The predicted octanol–water partition coefficient (Wildman–Crippen LogP) is 4.06. The molecule has 0 bridgehead atoms. The number of amides is 1. The summed E-state index contributed by atoms with van der Waals surface area (Å²) in [5.41, 5.74) is 3.95. The van der Waals surface area contributed by atoms with Crippen LogP contribution in [0.5, 0.6) is 0 Å². The Morgan fingerprint density at radius 2 is 1.65 bits per heavy atom. The highest BCUT2D eigenvalue weighted by Crippen LogP contribution is 2.28. The number of hydrogen-bond donors (Lipinski definition) is 1. The van der Waals surface area contributed by atoms with Gasteiger partial charge < -0.3 is 5.32 Å². The van der Waals surface area contributed by atoms with Gasteiger partial charge in [0.15, 0.2) is 9.84 Å². The largest absolute Gasteiger partial charge is 0.347 e. The van der Waals surface area contributed by atoms with E-state index in [1.165, 1.54) is 23.2 Å². The van der Waals surface area contributed by atoms with E-state index in [1.807, 2.05) is 42.6 Å². The number of benzene rings is 2. The number of sulfone groups is 1. The van der Waals surface area contributed by atoms with Crippen LogP contribution < -0.4 is 5.32 Å². The molecule has 0 aliphatic rings. The van der Waals surface area contributed by atoms with E-state index in [0.29, 0.717) is 11.4 Å². The lowest BCUT2D eigenvalue weighted by Crippen LogP contribution is -2.22. The number of carbonyl (C=O) groups excluding carboxylic acids is 1. The van der Waals surface area contributed by atoms with E-state index >= 15 is 0 Å². The van der Waals surface area contributed by atoms with Crippen LogP contribution in [0.2, 0.25) is 0 Å². The van der Waals surface area contributed by atoms with Crippen molar-refractivity contribution in [1.29, 1.82) is 0 Å². The van der Waals surface area contributed by atoms with Gasteiger partial charge in [-0.15, -0.1) is 11.3 Å². The van der Waals surface area contributed by atoms with Crippen LogP contribution in [0.15, 0.2) is 64.9 Å². The lowest BCUT2D eigenvalue weighted by molar-refractivity contribution is 0.0955. The van der Waals surface area contributed by atoms with Gasteiger partial charge in [0.05, 0.1) is 9.77 Å². The number of aryl methyl sites for hydroxylation is 1. The number of rotatable bonds is 5. The van der Waals surface area contributed by atoms with Crippen LogP contribution in [0.4, 0.5) is 0 Å². The van der Waals surface area contributed by atoms with Crippen molar-refractivity contribution in [3.8, 4) is 11.1 Å². The maximum Gasteiger partial charge on any atom is 0.262 e. The zero-order chi connectivity index (χ0) is 18.7. The molecular formula is C20H19NO3S2. The van der Waals surface area contributed by atoms with Gasteiger partial charge in [-0.2, -0.15) is 0 Å². The van der Waals surface area contributed by atoms with E-state index in [0.717, 1.165) is 16.7 Å². The Hall–Kier alpha value is -2.44. The maximum absolute atomic E-state index is 12.6. The molecule has 3 aromatic rings. The van der Waals surface area contributed by atoms with Crippen LogP contribution in [0.3, 0.4) is 0 Å². The number of carbonyl (C=O) groups is 1. The summed E-state index contributed by atoms with van der Waals surface area (Å²) in [5.74, 6) is -0.136. The van der Waals surface area contributed by atoms with Gasteiger partial charge >= 0.3 is 0 Å². The molecular weight excluding hydrogens is 366 g/mol. The quantitative estimate of drug-likeness (QED) is 0.720. The van der Waals surface area contributed by atoms with E-state index in [4.69, 9.17) is 0 Å². The van der Waals surface area contributed by atoms with Gasteiger partial charge in [0.25, 0.3) is 5.91 Å². The lowest BCUT2D eigenvalue weighted by atomic mass is 10.0. The molecule has 134 valence electrons. The number of nitrogens with one attached hydrogen (secondary N) is 1.